The summed E-state index contributed by atoms with van der Waals surface area (Å²) >= 11 is 0. The van der Waals surface area contributed by atoms with Crippen molar-refractivity contribution < 1.29 is 29.4 Å². The number of nitrogens with one attached hydrogen (secondary N) is 2. The molecule has 0 saturated carbocycles. The fourth-order valence-electron chi connectivity index (χ4n) is 1.41. The van der Waals surface area contributed by atoms with Crippen LogP contribution >= 0.6 is 0 Å². The van der Waals surface area contributed by atoms with Gasteiger partial charge in [-0.2, -0.15) is 0 Å². The number of hydrogen-bond acceptors (Lipinski definition) is 4. The maximum atomic E-state index is 11.7. The van der Waals surface area contributed by atoms with E-state index in [0.717, 1.165) is 0 Å². The van der Waals surface area contributed by atoms with Crippen LogP contribution in [-0.2, 0) is 19.2 Å². The largest absolute Gasteiger partial charge is 0.481 e. The van der Waals surface area contributed by atoms with Crippen molar-refractivity contribution in [1.29, 1.82) is 0 Å². The first-order valence-electron chi connectivity index (χ1n) is 6.32. The summed E-state index contributed by atoms with van der Waals surface area (Å²) in [6.07, 6.45) is 0.0797. The minimum atomic E-state index is -1.10. The first-order chi connectivity index (χ1) is 9.27. The molecule has 0 aliphatic heterocycles. The molecule has 0 aromatic rings. The average Bonchev–Trinajstić information content (AvgIpc) is 2.34. The van der Waals surface area contributed by atoms with Gasteiger partial charge in [-0.1, -0.05) is 0 Å². The fraction of sp³-hybridized carbons (Fsp3) is 0.636. The lowest BCUT2D eigenvalue weighted by atomic mass is 10.2. The van der Waals surface area contributed by atoms with Gasteiger partial charge >= 0.3 is 11.9 Å². The van der Waals surface area contributed by atoms with Crippen LogP contribution in [0.25, 0.3) is 0 Å². The molecule has 0 aromatic carbocycles. The van der Waals surface area contributed by atoms with Gasteiger partial charge < -0.3 is 20.8 Å². The van der Waals surface area contributed by atoms with E-state index in [0.29, 0.717) is 16.3 Å². The van der Waals surface area contributed by atoms with Crippen molar-refractivity contribution in [3.8, 4) is 0 Å². The predicted octanol–water partition coefficient (Wildman–Crippen LogP) is -1.90. The lowest BCUT2D eigenvalue weighted by Gasteiger charge is -2.17. The fourth-order valence-corrected chi connectivity index (χ4v) is 1.97. The van der Waals surface area contributed by atoms with Crippen molar-refractivity contribution in [2.45, 2.75) is 44.3 Å². The van der Waals surface area contributed by atoms with Crippen LogP contribution in [0.2, 0.25) is 6.04 Å². The molecule has 0 radical (unpaired) electrons. The van der Waals surface area contributed by atoms with Crippen LogP contribution in [-0.4, -0.2) is 56.3 Å². The summed E-state index contributed by atoms with van der Waals surface area (Å²) in [4.78, 5) is 44.2. The molecule has 0 heterocycles. The molecule has 20 heavy (non-hydrogen) atoms. The van der Waals surface area contributed by atoms with Crippen LogP contribution in [0.15, 0.2) is 0 Å². The number of rotatable bonds is 9. The maximum Gasteiger partial charge on any atom is 0.325 e. The van der Waals surface area contributed by atoms with E-state index < -0.39 is 35.8 Å². The Labute approximate surface area is 119 Å². The van der Waals surface area contributed by atoms with Gasteiger partial charge in [-0.05, 0) is 19.4 Å². The molecule has 4 N–H and O–H groups in total. The lowest BCUT2D eigenvalue weighted by Crippen LogP contribution is -2.50. The predicted molar refractivity (Wildman–Crippen MR) is 73.4 cm³/mol. The van der Waals surface area contributed by atoms with Gasteiger partial charge in [0.1, 0.15) is 12.1 Å². The monoisotopic (exact) mass is 304 g/mol. The van der Waals surface area contributed by atoms with Gasteiger partial charge in [-0.25, -0.2) is 0 Å². The van der Waals surface area contributed by atoms with Crippen molar-refractivity contribution in [2.24, 2.45) is 0 Å². The second kappa shape index (κ2) is 9.07. The van der Waals surface area contributed by atoms with Crippen LogP contribution in [0.4, 0.5) is 0 Å². The molecule has 9 heteroatoms. The second-order valence-corrected chi connectivity index (χ2v) is 5.16. The normalized spacial score (nSPS) is 13.2. The SMILES string of the molecule is C[C@H](NC(=O)CCCC(=O)O)C(=O)N[C@@H](C[SiH3])C(=O)O. The second-order valence-electron chi connectivity index (χ2n) is 4.34. The van der Waals surface area contributed by atoms with E-state index in [1.807, 2.05) is 0 Å². The highest BCUT2D eigenvalue weighted by atomic mass is 28.1. The van der Waals surface area contributed by atoms with Gasteiger partial charge in [0.05, 0.1) is 0 Å². The Morgan fingerprint density at radius 3 is 2.15 bits per heavy atom. The zero-order valence-electron chi connectivity index (χ0n) is 11.5. The maximum absolute atomic E-state index is 11.7. The Hall–Kier alpha value is -1.90. The summed E-state index contributed by atoms with van der Waals surface area (Å²) in [5, 5.41) is 22.0. The van der Waals surface area contributed by atoms with Crippen LogP contribution in [0, 0.1) is 0 Å². The molecule has 0 aliphatic rings. The van der Waals surface area contributed by atoms with Crippen molar-refractivity contribution in [2.75, 3.05) is 0 Å². The minimum absolute atomic E-state index is 0.00692. The number of amides is 2. The molecule has 8 nitrogen and oxygen atoms in total. The Morgan fingerprint density at radius 2 is 1.70 bits per heavy atom. The van der Waals surface area contributed by atoms with Gasteiger partial charge in [0.2, 0.25) is 11.8 Å². The molecule has 0 unspecified atom stereocenters. The zero-order valence-corrected chi connectivity index (χ0v) is 13.5. The number of carbonyl (C=O) groups is 4. The Kier molecular flexibility index (Phi) is 8.21. The van der Waals surface area contributed by atoms with Gasteiger partial charge in [-0.15, -0.1) is 0 Å². The molecule has 0 fully saturated rings. The molecule has 2 atom stereocenters. The average molecular weight is 304 g/mol. The number of carboxylic acids is 2. The van der Waals surface area contributed by atoms with E-state index in [9.17, 15) is 19.2 Å². The highest BCUT2D eigenvalue weighted by Gasteiger charge is 2.22. The van der Waals surface area contributed by atoms with Gasteiger partial charge in [0.25, 0.3) is 0 Å². The van der Waals surface area contributed by atoms with Crippen molar-refractivity contribution in [3.63, 3.8) is 0 Å². The Morgan fingerprint density at radius 1 is 1.10 bits per heavy atom. The summed E-state index contributed by atoms with van der Waals surface area (Å²) in [6, 6.07) is -1.41. The molecule has 114 valence electrons. The topological polar surface area (TPSA) is 133 Å². The van der Waals surface area contributed by atoms with Crippen molar-refractivity contribution in [1.82, 2.24) is 10.6 Å². The van der Waals surface area contributed by atoms with Crippen LogP contribution in [0.1, 0.15) is 26.2 Å². The smallest absolute Gasteiger partial charge is 0.325 e. The lowest BCUT2D eigenvalue weighted by molar-refractivity contribution is -0.141. The molecule has 0 saturated heterocycles. The van der Waals surface area contributed by atoms with E-state index >= 15 is 0 Å². The van der Waals surface area contributed by atoms with E-state index in [4.69, 9.17) is 10.2 Å². The third kappa shape index (κ3) is 7.51. The molecule has 0 aliphatic carbocycles. The van der Waals surface area contributed by atoms with Gasteiger partial charge in [-0.3, -0.25) is 19.2 Å². The standard InChI is InChI=1S/C11H20N2O6Si/c1-6(10(17)13-7(5-20)11(18)19)12-8(14)3-2-4-9(15)16/h6-7H,2-5H2,1,20H3,(H,12,14)(H,13,17)(H,15,16)(H,18,19)/t6-,7-/m0/s1. The van der Waals surface area contributed by atoms with Crippen LogP contribution in [0.5, 0.6) is 0 Å². The number of hydrogen-bond donors (Lipinski definition) is 4. The van der Waals surface area contributed by atoms with Gasteiger partial charge in [0, 0.05) is 23.1 Å². The van der Waals surface area contributed by atoms with Crippen molar-refractivity contribution >= 4 is 34.0 Å². The van der Waals surface area contributed by atoms with E-state index in [-0.39, 0.29) is 19.3 Å². The summed E-state index contributed by atoms with van der Waals surface area (Å²) in [6.45, 7) is 1.44. The highest BCUT2D eigenvalue weighted by molar-refractivity contribution is 6.11. The first kappa shape index (κ1) is 18.1. The third-order valence-electron chi connectivity index (χ3n) is 2.59. The molecule has 0 aromatic heterocycles. The molecule has 0 spiro atoms. The van der Waals surface area contributed by atoms with Crippen LogP contribution < -0.4 is 10.6 Å². The van der Waals surface area contributed by atoms with Crippen molar-refractivity contribution in [3.05, 3.63) is 0 Å². The van der Waals surface area contributed by atoms with Gasteiger partial charge in [0.15, 0.2) is 0 Å². The number of aliphatic carboxylic acids is 2. The minimum Gasteiger partial charge on any atom is -0.481 e. The molecule has 0 bridgehead atoms. The summed E-state index contributed by atoms with van der Waals surface area (Å²) in [5.74, 6) is -3.10. The quantitative estimate of drug-likeness (QED) is 0.368. The Bertz CT molecular complexity index is 387. The molecule has 2 amide bonds. The van der Waals surface area contributed by atoms with E-state index in [1.54, 1.807) is 0 Å². The van der Waals surface area contributed by atoms with Crippen LogP contribution in [0.3, 0.4) is 0 Å². The molecular weight excluding hydrogens is 284 g/mol. The Balaban J connectivity index is 4.15. The number of carbonyl (C=O) groups excluding carboxylic acids is 2. The first-order valence-corrected chi connectivity index (χ1v) is 7.73. The molecular formula is C11H20N2O6Si. The summed E-state index contributed by atoms with van der Waals surface area (Å²) in [7, 11) is 0.630. The number of carboxylic acid groups (broad SMARTS) is 2. The summed E-state index contributed by atoms with van der Waals surface area (Å²) in [5.41, 5.74) is 0. The van der Waals surface area contributed by atoms with E-state index in [2.05, 4.69) is 10.6 Å². The summed E-state index contributed by atoms with van der Waals surface area (Å²) < 4.78 is 0. The third-order valence-corrected chi connectivity index (χ3v) is 3.40. The molecule has 0 rings (SSSR count). The highest BCUT2D eigenvalue weighted by Crippen LogP contribution is 1.97. The zero-order chi connectivity index (χ0) is 15.7. The van der Waals surface area contributed by atoms with E-state index in [1.165, 1.54) is 6.92 Å².